The van der Waals surface area contributed by atoms with Crippen LogP contribution < -0.4 is 9.64 Å². The summed E-state index contributed by atoms with van der Waals surface area (Å²) in [5.74, 6) is 0.637. The highest BCUT2D eigenvalue weighted by atomic mass is 35.5. The van der Waals surface area contributed by atoms with Gasteiger partial charge in [-0.25, -0.2) is 4.98 Å². The van der Waals surface area contributed by atoms with E-state index in [0.29, 0.717) is 17.3 Å². The van der Waals surface area contributed by atoms with Crippen LogP contribution in [-0.2, 0) is 11.3 Å². The summed E-state index contributed by atoms with van der Waals surface area (Å²) < 4.78 is 5.75. The van der Waals surface area contributed by atoms with Crippen molar-refractivity contribution >= 4 is 45.3 Å². The Labute approximate surface area is 206 Å². The summed E-state index contributed by atoms with van der Waals surface area (Å²) in [4.78, 5) is 19.6. The molecule has 2 heterocycles. The van der Waals surface area contributed by atoms with Crippen molar-refractivity contribution in [3.63, 3.8) is 0 Å². The van der Waals surface area contributed by atoms with E-state index in [9.17, 15) is 4.79 Å². The van der Waals surface area contributed by atoms with Crippen LogP contribution in [0.3, 0.4) is 0 Å². The number of hydrogen-bond donors (Lipinski definition) is 0. The van der Waals surface area contributed by atoms with Gasteiger partial charge >= 0.3 is 0 Å². The molecule has 0 bridgehead atoms. The Morgan fingerprint density at radius 2 is 1.79 bits per heavy atom. The third-order valence-corrected chi connectivity index (χ3v) is 7.22. The van der Waals surface area contributed by atoms with Crippen molar-refractivity contribution in [2.45, 2.75) is 6.54 Å². The van der Waals surface area contributed by atoms with Crippen molar-refractivity contribution in [2.75, 3.05) is 11.5 Å². The lowest BCUT2D eigenvalue weighted by molar-refractivity contribution is -0.121. The van der Waals surface area contributed by atoms with E-state index in [0.717, 1.165) is 43.9 Å². The summed E-state index contributed by atoms with van der Waals surface area (Å²) in [5, 5.41) is 5.85. The second kappa shape index (κ2) is 8.60. The van der Waals surface area contributed by atoms with E-state index >= 15 is 0 Å². The number of ether oxygens (including phenoxy) is 1. The number of anilines is 1. The number of fused-ring (bicyclic) bond motifs is 2. The number of carbonyl (C=O) groups excluding carboxylic acids is 1. The second-order valence-electron chi connectivity index (χ2n) is 8.11. The Morgan fingerprint density at radius 3 is 2.71 bits per heavy atom. The predicted octanol–water partition coefficient (Wildman–Crippen LogP) is 7.21. The number of aromatic nitrogens is 1. The highest BCUT2D eigenvalue weighted by Gasteiger charge is 2.27. The molecule has 0 saturated carbocycles. The van der Waals surface area contributed by atoms with Crippen molar-refractivity contribution in [3.8, 4) is 27.6 Å². The fourth-order valence-electron chi connectivity index (χ4n) is 4.30. The number of thiazole rings is 1. The SMILES string of the molecule is O=C1COc2ccc(-c3csc(-c4ccccc4Cl)n3)cc2N1Cc1cccc2ccccc12. The lowest BCUT2D eigenvalue weighted by Gasteiger charge is -2.30. The van der Waals surface area contributed by atoms with E-state index in [4.69, 9.17) is 21.3 Å². The van der Waals surface area contributed by atoms with Crippen LogP contribution in [0.1, 0.15) is 5.56 Å². The molecule has 1 aliphatic heterocycles. The van der Waals surface area contributed by atoms with Crippen LogP contribution in [0.25, 0.3) is 32.6 Å². The van der Waals surface area contributed by atoms with Crippen molar-refractivity contribution in [3.05, 3.63) is 101 Å². The molecule has 6 heteroatoms. The van der Waals surface area contributed by atoms with Crippen LogP contribution in [-0.4, -0.2) is 17.5 Å². The van der Waals surface area contributed by atoms with Crippen molar-refractivity contribution in [2.24, 2.45) is 0 Å². The average Bonchev–Trinajstić information content (AvgIpc) is 3.36. The molecule has 0 saturated heterocycles. The summed E-state index contributed by atoms with van der Waals surface area (Å²) in [6, 6.07) is 28.0. The molecule has 0 unspecified atom stereocenters. The monoisotopic (exact) mass is 482 g/mol. The normalized spacial score (nSPS) is 13.1. The first-order valence-electron chi connectivity index (χ1n) is 10.9. The average molecular weight is 483 g/mol. The van der Waals surface area contributed by atoms with Crippen molar-refractivity contribution in [1.82, 2.24) is 4.98 Å². The van der Waals surface area contributed by atoms with Gasteiger partial charge in [0.1, 0.15) is 10.8 Å². The minimum Gasteiger partial charge on any atom is -0.482 e. The van der Waals surface area contributed by atoms with Crippen LogP contribution in [0.5, 0.6) is 5.75 Å². The lowest BCUT2D eigenvalue weighted by atomic mass is 10.0. The minimum atomic E-state index is -0.0624. The van der Waals surface area contributed by atoms with Gasteiger partial charge in [0, 0.05) is 16.5 Å². The fourth-order valence-corrected chi connectivity index (χ4v) is 5.45. The molecule has 0 spiro atoms. The van der Waals surface area contributed by atoms with E-state index in [-0.39, 0.29) is 12.5 Å². The highest BCUT2D eigenvalue weighted by Crippen LogP contribution is 2.39. The molecule has 0 aliphatic carbocycles. The number of hydrogen-bond acceptors (Lipinski definition) is 4. The van der Waals surface area contributed by atoms with E-state index in [1.54, 1.807) is 11.3 Å². The fraction of sp³-hybridized carbons (Fsp3) is 0.0714. The Morgan fingerprint density at radius 1 is 0.971 bits per heavy atom. The second-order valence-corrected chi connectivity index (χ2v) is 9.37. The molecule has 1 aromatic heterocycles. The molecule has 1 aliphatic rings. The Hall–Kier alpha value is -3.67. The van der Waals surface area contributed by atoms with Gasteiger partial charge in [0.15, 0.2) is 6.61 Å². The molecule has 166 valence electrons. The first kappa shape index (κ1) is 20.9. The molecule has 0 radical (unpaired) electrons. The summed E-state index contributed by atoms with van der Waals surface area (Å²) >= 11 is 7.92. The molecule has 1 amide bonds. The van der Waals surface area contributed by atoms with E-state index in [1.165, 1.54) is 0 Å². The number of halogens is 1. The molecule has 4 aromatic carbocycles. The van der Waals surface area contributed by atoms with Crippen molar-refractivity contribution < 1.29 is 9.53 Å². The molecule has 4 nitrogen and oxygen atoms in total. The van der Waals surface area contributed by atoms with Crippen molar-refractivity contribution in [1.29, 1.82) is 0 Å². The topological polar surface area (TPSA) is 42.4 Å². The molecule has 5 aromatic rings. The maximum absolute atomic E-state index is 12.9. The first-order valence-corrected chi connectivity index (χ1v) is 12.2. The summed E-state index contributed by atoms with van der Waals surface area (Å²) in [6.07, 6.45) is 0. The summed E-state index contributed by atoms with van der Waals surface area (Å²) in [5.41, 5.74) is 4.53. The van der Waals surface area contributed by atoms with E-state index < -0.39 is 0 Å². The maximum atomic E-state index is 12.9. The van der Waals surface area contributed by atoms with Crippen LogP contribution in [0, 0.1) is 0 Å². The maximum Gasteiger partial charge on any atom is 0.265 e. The van der Waals surface area contributed by atoms with Gasteiger partial charge in [-0.2, -0.15) is 0 Å². The zero-order chi connectivity index (χ0) is 23.1. The highest BCUT2D eigenvalue weighted by molar-refractivity contribution is 7.13. The first-order chi connectivity index (χ1) is 16.7. The Bertz CT molecular complexity index is 1540. The number of nitrogens with zero attached hydrogens (tertiary/aromatic N) is 2. The van der Waals surface area contributed by atoms with Gasteiger partial charge in [-0.3, -0.25) is 4.79 Å². The van der Waals surface area contributed by atoms with Crippen LogP contribution >= 0.6 is 22.9 Å². The van der Waals surface area contributed by atoms with Gasteiger partial charge in [0.05, 0.1) is 22.9 Å². The third-order valence-electron chi connectivity index (χ3n) is 6.01. The Balaban J connectivity index is 1.38. The van der Waals surface area contributed by atoms with E-state index in [1.807, 2.05) is 70.9 Å². The smallest absolute Gasteiger partial charge is 0.265 e. The molecule has 0 N–H and O–H groups in total. The van der Waals surface area contributed by atoms with E-state index in [2.05, 4.69) is 24.3 Å². The molecular formula is C28H19ClN2O2S. The van der Waals surface area contributed by atoms with Crippen LogP contribution in [0.4, 0.5) is 5.69 Å². The van der Waals surface area contributed by atoms with Crippen LogP contribution in [0.2, 0.25) is 5.02 Å². The minimum absolute atomic E-state index is 0.0322. The quantitative estimate of drug-likeness (QED) is 0.272. The van der Waals surface area contributed by atoms with Gasteiger partial charge in [-0.1, -0.05) is 72.3 Å². The summed E-state index contributed by atoms with van der Waals surface area (Å²) in [7, 11) is 0. The number of amides is 1. The number of benzene rings is 4. The van der Waals surface area contributed by atoms with Crippen LogP contribution in [0.15, 0.2) is 90.3 Å². The number of rotatable bonds is 4. The van der Waals surface area contributed by atoms with Gasteiger partial charge in [0.25, 0.3) is 5.91 Å². The largest absolute Gasteiger partial charge is 0.482 e. The standard InChI is InChI=1S/C28H19ClN2O2S/c29-23-11-4-3-10-22(23)28-30-24(17-34-28)19-12-13-26-25(14-19)31(27(32)16-33-26)15-20-8-5-7-18-6-1-2-9-21(18)20/h1-14,17H,15-16H2. The van der Waals surface area contributed by atoms with Gasteiger partial charge in [-0.15, -0.1) is 11.3 Å². The van der Waals surface area contributed by atoms with Gasteiger partial charge in [-0.05, 0) is 40.6 Å². The summed E-state index contributed by atoms with van der Waals surface area (Å²) in [6.45, 7) is 0.506. The lowest BCUT2D eigenvalue weighted by Crippen LogP contribution is -2.38. The Kier molecular flexibility index (Phi) is 5.28. The van der Waals surface area contributed by atoms with Gasteiger partial charge < -0.3 is 9.64 Å². The zero-order valence-electron chi connectivity index (χ0n) is 18.1. The third kappa shape index (κ3) is 3.73. The predicted molar refractivity (Wildman–Crippen MR) is 139 cm³/mol. The zero-order valence-corrected chi connectivity index (χ0v) is 19.6. The molecule has 0 fully saturated rings. The molecule has 0 atom stereocenters. The molecule has 34 heavy (non-hydrogen) atoms. The molecule has 6 rings (SSSR count). The van der Waals surface area contributed by atoms with Gasteiger partial charge in [0.2, 0.25) is 0 Å². The number of carbonyl (C=O) groups is 1. The molecular weight excluding hydrogens is 464 g/mol.